The molecular weight excluding hydrogens is 284 g/mol. The van der Waals surface area contributed by atoms with Gasteiger partial charge < -0.3 is 5.32 Å². The number of anilines is 1. The maximum absolute atomic E-state index is 13.1. The minimum absolute atomic E-state index is 0.0182. The van der Waals surface area contributed by atoms with Crippen molar-refractivity contribution in [2.75, 3.05) is 5.32 Å². The Kier molecular flexibility index (Phi) is 4.33. The second-order valence-electron chi connectivity index (χ2n) is 4.47. The Morgan fingerprint density at radius 3 is 2.58 bits per heavy atom. The molecule has 0 saturated heterocycles. The lowest BCUT2D eigenvalue weighted by Gasteiger charge is -2.19. The summed E-state index contributed by atoms with van der Waals surface area (Å²) in [5.41, 5.74) is 2.65. The largest absolute Gasteiger partial charge is 0.378 e. The predicted octanol–water partition coefficient (Wildman–Crippen LogP) is 5.61. The van der Waals surface area contributed by atoms with E-state index >= 15 is 0 Å². The van der Waals surface area contributed by atoms with Crippen LogP contribution in [0.4, 0.5) is 10.1 Å². The highest BCUT2D eigenvalue weighted by Crippen LogP contribution is 2.32. The molecule has 0 saturated carbocycles. The Hall–Kier alpha value is -1.25. The average molecular weight is 298 g/mol. The van der Waals surface area contributed by atoms with Gasteiger partial charge in [-0.1, -0.05) is 35.3 Å². The highest BCUT2D eigenvalue weighted by atomic mass is 35.5. The maximum atomic E-state index is 13.1. The number of hydrogen-bond donors (Lipinski definition) is 1. The highest BCUT2D eigenvalue weighted by Gasteiger charge is 2.12. The lowest BCUT2D eigenvalue weighted by Crippen LogP contribution is -2.08. The SMILES string of the molecule is Cc1cc(F)ccc1NC(C)c1cccc(Cl)c1Cl. The average Bonchev–Trinajstić information content (AvgIpc) is 2.36. The molecule has 1 atom stereocenters. The smallest absolute Gasteiger partial charge is 0.123 e. The molecule has 100 valence electrons. The van der Waals surface area contributed by atoms with E-state index in [4.69, 9.17) is 23.2 Å². The van der Waals surface area contributed by atoms with Crippen LogP contribution in [0.25, 0.3) is 0 Å². The molecule has 0 fully saturated rings. The molecule has 0 aliphatic heterocycles. The summed E-state index contributed by atoms with van der Waals surface area (Å²) in [5.74, 6) is -0.239. The van der Waals surface area contributed by atoms with Gasteiger partial charge in [0.25, 0.3) is 0 Å². The highest BCUT2D eigenvalue weighted by molar-refractivity contribution is 6.42. The topological polar surface area (TPSA) is 12.0 Å². The lowest BCUT2D eigenvalue weighted by molar-refractivity contribution is 0.626. The third kappa shape index (κ3) is 3.20. The summed E-state index contributed by atoms with van der Waals surface area (Å²) in [4.78, 5) is 0. The molecule has 1 unspecified atom stereocenters. The van der Waals surface area contributed by atoms with Crippen molar-refractivity contribution >= 4 is 28.9 Å². The summed E-state index contributed by atoms with van der Waals surface area (Å²) in [6.45, 7) is 3.85. The van der Waals surface area contributed by atoms with Gasteiger partial charge >= 0.3 is 0 Å². The molecule has 0 amide bonds. The fraction of sp³-hybridized carbons (Fsp3) is 0.200. The molecular formula is C15H14Cl2FN. The first-order valence-electron chi connectivity index (χ1n) is 5.95. The zero-order chi connectivity index (χ0) is 14.0. The molecule has 2 aromatic rings. The third-order valence-corrected chi connectivity index (χ3v) is 3.84. The van der Waals surface area contributed by atoms with Crippen molar-refractivity contribution in [2.45, 2.75) is 19.9 Å². The molecule has 0 heterocycles. The van der Waals surface area contributed by atoms with E-state index in [1.54, 1.807) is 12.1 Å². The molecule has 0 bridgehead atoms. The number of aryl methyl sites for hydroxylation is 1. The molecule has 1 N–H and O–H groups in total. The standard InChI is InChI=1S/C15H14Cl2FN/c1-9-8-11(18)6-7-14(9)19-10(2)12-4-3-5-13(16)15(12)17/h3-8,10,19H,1-2H3. The normalized spacial score (nSPS) is 12.3. The van der Waals surface area contributed by atoms with Gasteiger partial charge in [-0.15, -0.1) is 0 Å². The van der Waals surface area contributed by atoms with Gasteiger partial charge in [0.15, 0.2) is 0 Å². The summed E-state index contributed by atoms with van der Waals surface area (Å²) >= 11 is 12.2. The summed E-state index contributed by atoms with van der Waals surface area (Å²) in [6.07, 6.45) is 0. The van der Waals surface area contributed by atoms with Gasteiger partial charge in [0, 0.05) is 5.69 Å². The van der Waals surface area contributed by atoms with Gasteiger partial charge in [0.05, 0.1) is 16.1 Å². The Bertz CT molecular complexity index is 599. The summed E-state index contributed by atoms with van der Waals surface area (Å²) < 4.78 is 13.1. The second kappa shape index (κ2) is 5.81. The number of halogens is 3. The van der Waals surface area contributed by atoms with Gasteiger partial charge in [0.1, 0.15) is 5.82 Å². The van der Waals surface area contributed by atoms with Gasteiger partial charge in [-0.25, -0.2) is 4.39 Å². The Morgan fingerprint density at radius 1 is 1.16 bits per heavy atom. The monoisotopic (exact) mass is 297 g/mol. The van der Waals surface area contributed by atoms with Crippen molar-refractivity contribution in [3.8, 4) is 0 Å². The number of benzene rings is 2. The van der Waals surface area contributed by atoms with E-state index in [1.807, 2.05) is 26.0 Å². The van der Waals surface area contributed by atoms with Gasteiger partial charge in [0.2, 0.25) is 0 Å². The van der Waals surface area contributed by atoms with E-state index in [9.17, 15) is 4.39 Å². The quantitative estimate of drug-likeness (QED) is 0.776. The number of hydrogen-bond acceptors (Lipinski definition) is 1. The molecule has 2 aromatic carbocycles. The fourth-order valence-electron chi connectivity index (χ4n) is 1.95. The van der Waals surface area contributed by atoms with Crippen LogP contribution in [-0.4, -0.2) is 0 Å². The van der Waals surface area contributed by atoms with Crippen molar-refractivity contribution in [1.82, 2.24) is 0 Å². The van der Waals surface area contributed by atoms with E-state index in [-0.39, 0.29) is 11.9 Å². The predicted molar refractivity (Wildman–Crippen MR) is 79.6 cm³/mol. The van der Waals surface area contributed by atoms with Crippen molar-refractivity contribution in [3.05, 3.63) is 63.4 Å². The zero-order valence-corrected chi connectivity index (χ0v) is 12.2. The third-order valence-electron chi connectivity index (χ3n) is 3.01. The molecule has 0 spiro atoms. The van der Waals surface area contributed by atoms with Crippen molar-refractivity contribution in [2.24, 2.45) is 0 Å². The molecule has 19 heavy (non-hydrogen) atoms. The molecule has 2 rings (SSSR count). The van der Waals surface area contributed by atoms with Gasteiger partial charge in [-0.2, -0.15) is 0 Å². The van der Waals surface area contributed by atoms with E-state index in [1.165, 1.54) is 12.1 Å². The number of nitrogens with one attached hydrogen (secondary N) is 1. The first-order chi connectivity index (χ1) is 8.99. The van der Waals surface area contributed by atoms with Crippen LogP contribution >= 0.6 is 23.2 Å². The van der Waals surface area contributed by atoms with Crippen LogP contribution < -0.4 is 5.32 Å². The molecule has 0 radical (unpaired) electrons. The molecule has 0 aromatic heterocycles. The van der Waals surface area contributed by atoms with Gasteiger partial charge in [-0.05, 0) is 49.2 Å². The van der Waals surface area contributed by atoms with Crippen LogP contribution in [0.5, 0.6) is 0 Å². The molecule has 4 heteroatoms. The Morgan fingerprint density at radius 2 is 1.89 bits per heavy atom. The van der Waals surface area contributed by atoms with Crippen LogP contribution in [0.15, 0.2) is 36.4 Å². The molecule has 1 nitrogen and oxygen atoms in total. The summed E-state index contributed by atoms with van der Waals surface area (Å²) in [5, 5.41) is 4.39. The van der Waals surface area contributed by atoms with Crippen LogP contribution in [-0.2, 0) is 0 Å². The molecule has 0 aliphatic rings. The van der Waals surface area contributed by atoms with E-state index < -0.39 is 0 Å². The van der Waals surface area contributed by atoms with Crippen LogP contribution in [0, 0.1) is 12.7 Å². The van der Waals surface area contributed by atoms with E-state index in [2.05, 4.69) is 5.32 Å². The van der Waals surface area contributed by atoms with Crippen LogP contribution in [0.2, 0.25) is 10.0 Å². The second-order valence-corrected chi connectivity index (χ2v) is 5.25. The minimum Gasteiger partial charge on any atom is -0.378 e. The van der Waals surface area contributed by atoms with Crippen LogP contribution in [0.1, 0.15) is 24.1 Å². The van der Waals surface area contributed by atoms with Crippen molar-refractivity contribution in [3.63, 3.8) is 0 Å². The van der Waals surface area contributed by atoms with E-state index in [0.29, 0.717) is 10.0 Å². The van der Waals surface area contributed by atoms with Crippen molar-refractivity contribution < 1.29 is 4.39 Å². The zero-order valence-electron chi connectivity index (χ0n) is 10.7. The number of rotatable bonds is 3. The van der Waals surface area contributed by atoms with Crippen LogP contribution in [0.3, 0.4) is 0 Å². The first kappa shape index (κ1) is 14.2. The first-order valence-corrected chi connectivity index (χ1v) is 6.71. The maximum Gasteiger partial charge on any atom is 0.123 e. The minimum atomic E-state index is -0.239. The fourth-order valence-corrected chi connectivity index (χ4v) is 2.43. The Labute approximate surface area is 122 Å². The van der Waals surface area contributed by atoms with E-state index in [0.717, 1.165) is 16.8 Å². The summed E-state index contributed by atoms with van der Waals surface area (Å²) in [7, 11) is 0. The summed E-state index contributed by atoms with van der Waals surface area (Å²) in [6, 6.07) is 10.2. The molecule has 0 aliphatic carbocycles. The lowest BCUT2D eigenvalue weighted by atomic mass is 10.1. The van der Waals surface area contributed by atoms with Gasteiger partial charge in [-0.3, -0.25) is 0 Å². The van der Waals surface area contributed by atoms with Crippen molar-refractivity contribution in [1.29, 1.82) is 0 Å². The Balaban J connectivity index is 2.25.